The number of nitrogens with zero attached hydrogens (tertiary/aromatic N) is 2. The lowest BCUT2D eigenvalue weighted by atomic mass is 10.1. The molecule has 1 aromatic heterocycles. The molecule has 21 heavy (non-hydrogen) atoms. The fourth-order valence-corrected chi connectivity index (χ4v) is 2.12. The number of fused-ring (bicyclic) bond motifs is 1. The number of nitrogens with two attached hydrogens (primary N) is 1. The molecule has 2 aromatic carbocycles. The summed E-state index contributed by atoms with van der Waals surface area (Å²) in [6.07, 6.45) is 3.25. The third-order valence-electron chi connectivity index (χ3n) is 3.30. The molecule has 0 saturated carbocycles. The maximum Gasteiger partial charge on any atom is 0.257 e. The molecule has 0 aliphatic rings. The van der Waals surface area contributed by atoms with E-state index in [1.165, 1.54) is 0 Å². The summed E-state index contributed by atoms with van der Waals surface area (Å²) in [7, 11) is 0. The molecule has 0 unspecified atom stereocenters. The molecule has 3 aromatic rings. The molecule has 0 aliphatic carbocycles. The third kappa shape index (κ3) is 2.53. The van der Waals surface area contributed by atoms with E-state index in [4.69, 9.17) is 5.73 Å². The average molecular weight is 278 g/mol. The number of carbonyl (C=O) groups excluding carboxylic acids is 1. The zero-order valence-electron chi connectivity index (χ0n) is 11.5. The lowest BCUT2D eigenvalue weighted by Gasteiger charge is -2.09. The highest BCUT2D eigenvalue weighted by atomic mass is 16.1. The summed E-state index contributed by atoms with van der Waals surface area (Å²) in [5, 5.41) is 2.83. The van der Waals surface area contributed by atoms with Crippen molar-refractivity contribution >= 4 is 28.3 Å². The Morgan fingerprint density at radius 3 is 2.67 bits per heavy atom. The van der Waals surface area contributed by atoms with Crippen molar-refractivity contribution < 1.29 is 4.79 Å². The van der Waals surface area contributed by atoms with Gasteiger partial charge in [0.15, 0.2) is 0 Å². The predicted molar refractivity (Wildman–Crippen MR) is 83.1 cm³/mol. The number of benzene rings is 2. The minimum absolute atomic E-state index is 0.237. The molecule has 1 amide bonds. The Kier molecular flexibility index (Phi) is 3.23. The first-order chi connectivity index (χ1) is 10.1. The van der Waals surface area contributed by atoms with Crippen LogP contribution in [0.5, 0.6) is 0 Å². The van der Waals surface area contributed by atoms with Crippen LogP contribution in [0.2, 0.25) is 0 Å². The Morgan fingerprint density at radius 1 is 1.10 bits per heavy atom. The molecule has 0 radical (unpaired) electrons. The summed E-state index contributed by atoms with van der Waals surface area (Å²) in [5.74, 6) is -0.237. The summed E-state index contributed by atoms with van der Waals surface area (Å²) in [5.41, 5.74) is 9.96. The summed E-state index contributed by atoms with van der Waals surface area (Å²) in [4.78, 5) is 20.7. The van der Waals surface area contributed by atoms with Gasteiger partial charge in [-0.25, -0.2) is 0 Å². The summed E-state index contributed by atoms with van der Waals surface area (Å²) < 4.78 is 0. The molecule has 3 N–H and O–H groups in total. The maximum atomic E-state index is 12.3. The summed E-state index contributed by atoms with van der Waals surface area (Å²) >= 11 is 0. The molecule has 5 heteroatoms. The van der Waals surface area contributed by atoms with Crippen LogP contribution in [0.15, 0.2) is 48.8 Å². The second kappa shape index (κ2) is 5.20. The maximum absolute atomic E-state index is 12.3. The van der Waals surface area contributed by atoms with E-state index in [9.17, 15) is 4.79 Å². The van der Waals surface area contributed by atoms with Gasteiger partial charge >= 0.3 is 0 Å². The highest BCUT2D eigenvalue weighted by Gasteiger charge is 2.11. The molecule has 1 heterocycles. The van der Waals surface area contributed by atoms with E-state index < -0.39 is 0 Å². The second-order valence-corrected chi connectivity index (χ2v) is 4.75. The number of nitrogens with one attached hydrogen (secondary N) is 1. The lowest BCUT2D eigenvalue weighted by Crippen LogP contribution is -2.14. The Morgan fingerprint density at radius 2 is 1.86 bits per heavy atom. The predicted octanol–water partition coefficient (Wildman–Crippen LogP) is 2.77. The SMILES string of the molecule is Cc1cccc(C(=O)Nc2ccc3nccnc3c2)c1N. The van der Waals surface area contributed by atoms with Gasteiger partial charge in [-0.3, -0.25) is 14.8 Å². The van der Waals surface area contributed by atoms with E-state index in [0.717, 1.165) is 16.6 Å². The smallest absolute Gasteiger partial charge is 0.257 e. The number of aromatic nitrogens is 2. The van der Waals surface area contributed by atoms with E-state index in [0.29, 0.717) is 16.9 Å². The monoisotopic (exact) mass is 278 g/mol. The normalized spacial score (nSPS) is 10.5. The van der Waals surface area contributed by atoms with Crippen LogP contribution in [0.3, 0.4) is 0 Å². The molecular weight excluding hydrogens is 264 g/mol. The van der Waals surface area contributed by atoms with E-state index in [-0.39, 0.29) is 5.91 Å². The first kappa shape index (κ1) is 13.1. The van der Waals surface area contributed by atoms with Crippen LogP contribution in [0.4, 0.5) is 11.4 Å². The Hall–Kier alpha value is -2.95. The largest absolute Gasteiger partial charge is 0.398 e. The zero-order chi connectivity index (χ0) is 14.8. The number of rotatable bonds is 2. The van der Waals surface area contributed by atoms with Gasteiger partial charge in [-0.05, 0) is 36.8 Å². The van der Waals surface area contributed by atoms with Gasteiger partial charge in [0, 0.05) is 23.8 Å². The van der Waals surface area contributed by atoms with Crippen LogP contribution in [0.25, 0.3) is 11.0 Å². The van der Waals surface area contributed by atoms with Crippen molar-refractivity contribution in [3.8, 4) is 0 Å². The van der Waals surface area contributed by atoms with Crippen molar-refractivity contribution in [2.45, 2.75) is 6.92 Å². The third-order valence-corrected chi connectivity index (χ3v) is 3.30. The highest BCUT2D eigenvalue weighted by molar-refractivity contribution is 6.08. The molecule has 104 valence electrons. The number of para-hydroxylation sites is 1. The van der Waals surface area contributed by atoms with Crippen molar-refractivity contribution in [3.63, 3.8) is 0 Å². The van der Waals surface area contributed by atoms with Crippen LogP contribution in [-0.2, 0) is 0 Å². The van der Waals surface area contributed by atoms with Crippen molar-refractivity contribution in [2.75, 3.05) is 11.1 Å². The number of carbonyl (C=O) groups is 1. The first-order valence-electron chi connectivity index (χ1n) is 6.52. The van der Waals surface area contributed by atoms with Gasteiger partial charge < -0.3 is 11.1 Å². The second-order valence-electron chi connectivity index (χ2n) is 4.75. The van der Waals surface area contributed by atoms with Crippen molar-refractivity contribution in [1.29, 1.82) is 0 Å². The molecule has 5 nitrogen and oxygen atoms in total. The van der Waals surface area contributed by atoms with Crippen LogP contribution in [0, 0.1) is 6.92 Å². The molecule has 0 atom stereocenters. The molecule has 0 spiro atoms. The van der Waals surface area contributed by atoms with E-state index in [1.807, 2.05) is 25.1 Å². The molecule has 0 aliphatic heterocycles. The van der Waals surface area contributed by atoms with Crippen molar-refractivity contribution in [1.82, 2.24) is 9.97 Å². The van der Waals surface area contributed by atoms with E-state index in [1.54, 1.807) is 30.6 Å². The average Bonchev–Trinajstić information content (AvgIpc) is 2.50. The zero-order valence-corrected chi connectivity index (χ0v) is 11.5. The van der Waals surface area contributed by atoms with Crippen LogP contribution in [-0.4, -0.2) is 15.9 Å². The number of hydrogen-bond donors (Lipinski definition) is 2. The van der Waals surface area contributed by atoms with Gasteiger partial charge in [-0.1, -0.05) is 12.1 Å². The van der Waals surface area contributed by atoms with Gasteiger partial charge in [-0.2, -0.15) is 0 Å². The van der Waals surface area contributed by atoms with Gasteiger partial charge in [0.25, 0.3) is 5.91 Å². The Labute approximate surface area is 121 Å². The number of anilines is 2. The molecular formula is C16H14N4O. The Bertz CT molecular complexity index is 829. The number of amides is 1. The number of nitrogen functional groups attached to an aromatic ring is 1. The summed E-state index contributed by atoms with van der Waals surface area (Å²) in [6.45, 7) is 1.87. The topological polar surface area (TPSA) is 80.9 Å². The van der Waals surface area contributed by atoms with Gasteiger partial charge in [0.2, 0.25) is 0 Å². The fourth-order valence-electron chi connectivity index (χ4n) is 2.12. The quantitative estimate of drug-likeness (QED) is 0.706. The van der Waals surface area contributed by atoms with Crippen molar-refractivity contribution in [2.24, 2.45) is 0 Å². The van der Waals surface area contributed by atoms with Crippen LogP contribution >= 0.6 is 0 Å². The minimum atomic E-state index is -0.237. The van der Waals surface area contributed by atoms with E-state index >= 15 is 0 Å². The van der Waals surface area contributed by atoms with E-state index in [2.05, 4.69) is 15.3 Å². The van der Waals surface area contributed by atoms with Gasteiger partial charge in [0.05, 0.1) is 16.6 Å². The standard InChI is InChI=1S/C16H14N4O/c1-10-3-2-4-12(15(10)17)16(21)20-11-5-6-13-14(9-11)19-8-7-18-13/h2-9H,17H2,1H3,(H,20,21). The number of aryl methyl sites for hydroxylation is 1. The molecule has 0 saturated heterocycles. The molecule has 3 rings (SSSR count). The Balaban J connectivity index is 1.91. The van der Waals surface area contributed by atoms with Crippen molar-refractivity contribution in [3.05, 3.63) is 59.9 Å². The molecule has 0 fully saturated rings. The lowest BCUT2D eigenvalue weighted by molar-refractivity contribution is 0.102. The van der Waals surface area contributed by atoms with Crippen LogP contribution < -0.4 is 11.1 Å². The van der Waals surface area contributed by atoms with Crippen LogP contribution in [0.1, 0.15) is 15.9 Å². The van der Waals surface area contributed by atoms with Gasteiger partial charge in [-0.15, -0.1) is 0 Å². The number of hydrogen-bond acceptors (Lipinski definition) is 4. The first-order valence-corrected chi connectivity index (χ1v) is 6.52. The minimum Gasteiger partial charge on any atom is -0.398 e. The van der Waals surface area contributed by atoms with Gasteiger partial charge in [0.1, 0.15) is 0 Å². The highest BCUT2D eigenvalue weighted by Crippen LogP contribution is 2.20. The fraction of sp³-hybridized carbons (Fsp3) is 0.0625. The molecule has 0 bridgehead atoms. The summed E-state index contributed by atoms with van der Waals surface area (Å²) in [6, 6.07) is 10.8.